The van der Waals surface area contributed by atoms with Crippen molar-refractivity contribution in [1.29, 1.82) is 0 Å². The van der Waals surface area contributed by atoms with Gasteiger partial charge in [-0.1, -0.05) is 6.07 Å². The minimum atomic E-state index is -0.736. The number of carbonyl (C=O) groups excluding carboxylic acids is 2. The standard InChI is InChI=1S/C17H21N3O4/c1-20(2)14(15-8-5-9-24-15)11-18-16(21)17(22)19-12-6-4-7-13(10-12)23-3/h4-10,14H,11H2,1-3H3,(H,18,21)(H,19,22)/t14-/m1/s1. The van der Waals surface area contributed by atoms with E-state index in [1.807, 2.05) is 25.1 Å². The zero-order valence-electron chi connectivity index (χ0n) is 13.9. The van der Waals surface area contributed by atoms with E-state index in [1.54, 1.807) is 36.6 Å². The molecule has 2 amide bonds. The number of ether oxygens (including phenoxy) is 1. The summed E-state index contributed by atoms with van der Waals surface area (Å²) in [6, 6.07) is 10.2. The van der Waals surface area contributed by atoms with E-state index in [4.69, 9.17) is 9.15 Å². The van der Waals surface area contributed by atoms with Crippen molar-refractivity contribution < 1.29 is 18.7 Å². The summed E-state index contributed by atoms with van der Waals surface area (Å²) in [5.41, 5.74) is 0.490. The number of carbonyl (C=O) groups is 2. The average molecular weight is 331 g/mol. The first-order valence-corrected chi connectivity index (χ1v) is 7.44. The fourth-order valence-corrected chi connectivity index (χ4v) is 2.18. The Labute approximate surface area is 140 Å². The van der Waals surface area contributed by atoms with Crippen LogP contribution in [-0.4, -0.2) is 44.5 Å². The summed E-state index contributed by atoms with van der Waals surface area (Å²) in [5.74, 6) is -0.136. The molecule has 0 fully saturated rings. The zero-order chi connectivity index (χ0) is 17.5. The van der Waals surface area contributed by atoms with Crippen LogP contribution in [0.15, 0.2) is 47.1 Å². The van der Waals surface area contributed by atoms with E-state index >= 15 is 0 Å². The molecule has 0 bridgehead atoms. The van der Waals surface area contributed by atoms with Gasteiger partial charge in [0.1, 0.15) is 11.5 Å². The van der Waals surface area contributed by atoms with Crippen LogP contribution < -0.4 is 15.4 Å². The van der Waals surface area contributed by atoms with Gasteiger partial charge in [-0.15, -0.1) is 0 Å². The molecule has 0 aliphatic carbocycles. The number of amides is 2. The monoisotopic (exact) mass is 331 g/mol. The molecule has 0 spiro atoms. The van der Waals surface area contributed by atoms with Crippen LogP contribution in [0.3, 0.4) is 0 Å². The number of nitrogens with zero attached hydrogens (tertiary/aromatic N) is 1. The van der Waals surface area contributed by atoms with Crippen molar-refractivity contribution in [3.63, 3.8) is 0 Å². The van der Waals surface area contributed by atoms with Crippen LogP contribution in [0.2, 0.25) is 0 Å². The van der Waals surface area contributed by atoms with E-state index in [2.05, 4.69) is 10.6 Å². The van der Waals surface area contributed by atoms with Crippen LogP contribution >= 0.6 is 0 Å². The molecule has 0 aliphatic heterocycles. The Morgan fingerprint density at radius 2 is 2.00 bits per heavy atom. The lowest BCUT2D eigenvalue weighted by atomic mass is 10.2. The second-order valence-corrected chi connectivity index (χ2v) is 5.39. The van der Waals surface area contributed by atoms with Crippen LogP contribution in [0.1, 0.15) is 11.8 Å². The van der Waals surface area contributed by atoms with Crippen LogP contribution in [0.25, 0.3) is 0 Å². The Hall–Kier alpha value is -2.80. The topological polar surface area (TPSA) is 83.8 Å². The largest absolute Gasteiger partial charge is 0.497 e. The van der Waals surface area contributed by atoms with Crippen molar-refractivity contribution >= 4 is 17.5 Å². The van der Waals surface area contributed by atoms with E-state index < -0.39 is 11.8 Å². The molecule has 2 N–H and O–H groups in total. The first kappa shape index (κ1) is 17.6. The predicted octanol–water partition coefficient (Wildman–Crippen LogP) is 1.65. The lowest BCUT2D eigenvalue weighted by Gasteiger charge is -2.22. The summed E-state index contributed by atoms with van der Waals surface area (Å²) in [5, 5.41) is 5.15. The van der Waals surface area contributed by atoms with Crippen molar-refractivity contribution in [3.8, 4) is 5.75 Å². The number of anilines is 1. The molecule has 0 unspecified atom stereocenters. The Kier molecular flexibility index (Phi) is 5.97. The third kappa shape index (κ3) is 4.60. The minimum absolute atomic E-state index is 0.159. The first-order valence-electron chi connectivity index (χ1n) is 7.44. The molecule has 128 valence electrons. The normalized spacial score (nSPS) is 11.8. The maximum absolute atomic E-state index is 12.0. The van der Waals surface area contributed by atoms with Gasteiger partial charge in [-0.05, 0) is 38.4 Å². The molecular formula is C17H21N3O4. The molecule has 1 aromatic heterocycles. The van der Waals surface area contributed by atoms with Crippen molar-refractivity contribution in [2.45, 2.75) is 6.04 Å². The zero-order valence-corrected chi connectivity index (χ0v) is 13.9. The number of benzene rings is 1. The lowest BCUT2D eigenvalue weighted by molar-refractivity contribution is -0.136. The highest BCUT2D eigenvalue weighted by atomic mass is 16.5. The molecule has 24 heavy (non-hydrogen) atoms. The molecule has 2 rings (SSSR count). The van der Waals surface area contributed by atoms with E-state index in [0.717, 1.165) is 0 Å². The molecule has 7 nitrogen and oxygen atoms in total. The van der Waals surface area contributed by atoms with Crippen LogP contribution in [0.5, 0.6) is 5.75 Å². The first-order chi connectivity index (χ1) is 11.5. The maximum Gasteiger partial charge on any atom is 0.313 e. The second kappa shape index (κ2) is 8.16. The van der Waals surface area contributed by atoms with Gasteiger partial charge in [-0.2, -0.15) is 0 Å². The van der Waals surface area contributed by atoms with E-state index in [-0.39, 0.29) is 12.6 Å². The SMILES string of the molecule is COc1cccc(NC(=O)C(=O)NC[C@H](c2ccco2)N(C)C)c1. The third-order valence-electron chi connectivity index (χ3n) is 3.48. The number of nitrogens with one attached hydrogen (secondary N) is 2. The van der Waals surface area contributed by atoms with Gasteiger partial charge in [-0.3, -0.25) is 14.5 Å². The van der Waals surface area contributed by atoms with Gasteiger partial charge in [0.15, 0.2) is 0 Å². The van der Waals surface area contributed by atoms with E-state index in [9.17, 15) is 9.59 Å². The lowest BCUT2D eigenvalue weighted by Crippen LogP contribution is -2.40. The number of hydrogen-bond donors (Lipinski definition) is 2. The van der Waals surface area contributed by atoms with Crippen LogP contribution in [0.4, 0.5) is 5.69 Å². The summed E-state index contributed by atoms with van der Waals surface area (Å²) in [4.78, 5) is 25.9. The van der Waals surface area contributed by atoms with Crippen molar-refractivity contribution in [1.82, 2.24) is 10.2 Å². The van der Waals surface area contributed by atoms with Crippen LogP contribution in [-0.2, 0) is 9.59 Å². The smallest absolute Gasteiger partial charge is 0.313 e. The number of rotatable bonds is 6. The maximum atomic E-state index is 12.0. The summed E-state index contributed by atoms with van der Waals surface area (Å²) in [6.07, 6.45) is 1.57. The fourth-order valence-electron chi connectivity index (χ4n) is 2.18. The van der Waals surface area contributed by atoms with E-state index in [1.165, 1.54) is 7.11 Å². The molecule has 0 saturated heterocycles. The average Bonchev–Trinajstić information content (AvgIpc) is 3.08. The van der Waals surface area contributed by atoms with Gasteiger partial charge in [0, 0.05) is 18.3 Å². The predicted molar refractivity (Wildman–Crippen MR) is 89.8 cm³/mol. The molecular weight excluding hydrogens is 310 g/mol. The highest BCUT2D eigenvalue weighted by Crippen LogP contribution is 2.18. The minimum Gasteiger partial charge on any atom is -0.497 e. The fraction of sp³-hybridized carbons (Fsp3) is 0.294. The van der Waals surface area contributed by atoms with Crippen molar-refractivity contribution in [2.75, 3.05) is 33.1 Å². The quantitative estimate of drug-likeness (QED) is 0.786. The van der Waals surface area contributed by atoms with Crippen molar-refractivity contribution in [2.24, 2.45) is 0 Å². The molecule has 1 aromatic carbocycles. The summed E-state index contributed by atoms with van der Waals surface area (Å²) >= 11 is 0. The summed E-state index contributed by atoms with van der Waals surface area (Å²) < 4.78 is 10.4. The van der Waals surface area contributed by atoms with Gasteiger partial charge in [-0.25, -0.2) is 0 Å². The molecule has 1 atom stereocenters. The summed E-state index contributed by atoms with van der Waals surface area (Å²) in [7, 11) is 5.27. The van der Waals surface area contributed by atoms with Crippen LogP contribution in [0, 0.1) is 0 Å². The molecule has 2 aromatic rings. The second-order valence-electron chi connectivity index (χ2n) is 5.39. The Morgan fingerprint density at radius 3 is 2.62 bits per heavy atom. The molecule has 0 aliphatic rings. The Morgan fingerprint density at radius 1 is 1.21 bits per heavy atom. The number of hydrogen-bond acceptors (Lipinski definition) is 5. The van der Waals surface area contributed by atoms with Gasteiger partial charge in [0.2, 0.25) is 0 Å². The highest BCUT2D eigenvalue weighted by molar-refractivity contribution is 6.39. The van der Waals surface area contributed by atoms with Gasteiger partial charge >= 0.3 is 11.8 Å². The Balaban J connectivity index is 1.92. The number of furan rings is 1. The molecule has 7 heteroatoms. The van der Waals surface area contributed by atoms with Gasteiger partial charge < -0.3 is 19.8 Å². The van der Waals surface area contributed by atoms with Gasteiger partial charge in [0.25, 0.3) is 0 Å². The molecule has 1 heterocycles. The Bertz CT molecular complexity index is 683. The van der Waals surface area contributed by atoms with Gasteiger partial charge in [0.05, 0.1) is 19.4 Å². The van der Waals surface area contributed by atoms with E-state index in [0.29, 0.717) is 17.2 Å². The number of likely N-dealkylation sites (N-methyl/N-ethyl adjacent to an activating group) is 1. The molecule has 0 radical (unpaired) electrons. The highest BCUT2D eigenvalue weighted by Gasteiger charge is 2.20. The third-order valence-corrected chi connectivity index (χ3v) is 3.48. The number of methoxy groups -OCH3 is 1. The summed E-state index contributed by atoms with van der Waals surface area (Å²) in [6.45, 7) is 0.255. The van der Waals surface area contributed by atoms with Crippen molar-refractivity contribution in [3.05, 3.63) is 48.4 Å². The molecule has 0 saturated carbocycles.